The number of benzene rings is 1. The van der Waals surface area contributed by atoms with Crippen molar-refractivity contribution in [1.82, 2.24) is 5.32 Å². The summed E-state index contributed by atoms with van der Waals surface area (Å²) >= 11 is 3.65. The fourth-order valence-corrected chi connectivity index (χ4v) is 3.55. The van der Waals surface area contributed by atoms with Gasteiger partial charge < -0.3 is 5.32 Å². The molecule has 3 atom stereocenters. The number of rotatable bonds is 3. The van der Waals surface area contributed by atoms with Gasteiger partial charge in [0, 0.05) is 16.6 Å². The molecule has 1 saturated carbocycles. The summed E-state index contributed by atoms with van der Waals surface area (Å²) in [6, 6.07) is 9.65. The maximum Gasteiger partial charge on any atom is 0.0305 e. The van der Waals surface area contributed by atoms with Gasteiger partial charge >= 0.3 is 0 Å². The van der Waals surface area contributed by atoms with Crippen molar-refractivity contribution in [3.63, 3.8) is 0 Å². The number of hydrogen-bond donors (Lipinski definition) is 1. The number of halogens is 1. The Morgan fingerprint density at radius 3 is 2.72 bits per heavy atom. The lowest BCUT2D eigenvalue weighted by molar-refractivity contribution is 0.407. The normalized spacial score (nSPS) is 26.6. The third kappa shape index (κ3) is 3.83. The van der Waals surface area contributed by atoms with Crippen LogP contribution in [0.25, 0.3) is 0 Å². The minimum absolute atomic E-state index is 0.430. The molecular formula is C16H24BrN. The fraction of sp³-hybridized carbons (Fsp3) is 0.625. The standard InChI is InChI=1S/C16H24BrN/c1-12-6-5-7-14(11-10-12)18-13(2)15-8-3-4-9-16(15)17/h3-4,8-9,12-14,18H,5-7,10-11H2,1-2H3/t12?,13-,14?/m1/s1. The van der Waals surface area contributed by atoms with Gasteiger partial charge in [0.1, 0.15) is 0 Å². The molecule has 1 fully saturated rings. The maximum absolute atomic E-state index is 3.81. The highest BCUT2D eigenvalue weighted by Crippen LogP contribution is 2.27. The van der Waals surface area contributed by atoms with Gasteiger partial charge in [0.2, 0.25) is 0 Å². The van der Waals surface area contributed by atoms with Crippen LogP contribution in [0.1, 0.15) is 57.6 Å². The van der Waals surface area contributed by atoms with Crippen molar-refractivity contribution >= 4 is 15.9 Å². The lowest BCUT2D eigenvalue weighted by Crippen LogP contribution is -2.31. The summed E-state index contributed by atoms with van der Waals surface area (Å²) in [5.41, 5.74) is 1.37. The largest absolute Gasteiger partial charge is 0.307 e. The Kier molecular flexibility index (Phi) is 5.25. The van der Waals surface area contributed by atoms with Crippen molar-refractivity contribution in [2.75, 3.05) is 0 Å². The van der Waals surface area contributed by atoms with Gasteiger partial charge in [-0.2, -0.15) is 0 Å². The predicted molar refractivity (Wildman–Crippen MR) is 81.7 cm³/mol. The molecule has 2 heteroatoms. The van der Waals surface area contributed by atoms with Crippen LogP contribution in [0.2, 0.25) is 0 Å². The van der Waals surface area contributed by atoms with Gasteiger partial charge in [-0.05, 0) is 43.7 Å². The molecule has 0 bridgehead atoms. The van der Waals surface area contributed by atoms with Crippen molar-refractivity contribution in [2.45, 2.75) is 58.0 Å². The molecule has 2 rings (SSSR count). The maximum atomic E-state index is 3.81. The van der Waals surface area contributed by atoms with Crippen LogP contribution in [0.3, 0.4) is 0 Å². The molecule has 0 spiro atoms. The van der Waals surface area contributed by atoms with Crippen molar-refractivity contribution < 1.29 is 0 Å². The van der Waals surface area contributed by atoms with E-state index in [2.05, 4.69) is 59.4 Å². The molecule has 0 saturated heterocycles. The zero-order valence-electron chi connectivity index (χ0n) is 11.5. The smallest absolute Gasteiger partial charge is 0.0305 e. The van der Waals surface area contributed by atoms with E-state index in [9.17, 15) is 0 Å². The highest BCUT2D eigenvalue weighted by molar-refractivity contribution is 9.10. The van der Waals surface area contributed by atoms with Crippen LogP contribution < -0.4 is 5.32 Å². The van der Waals surface area contributed by atoms with Gasteiger partial charge in [-0.3, -0.25) is 0 Å². The van der Waals surface area contributed by atoms with Crippen LogP contribution in [0, 0.1) is 5.92 Å². The lowest BCUT2D eigenvalue weighted by atomic mass is 10.0. The Bertz CT molecular complexity index is 377. The van der Waals surface area contributed by atoms with Crippen LogP contribution in [-0.4, -0.2) is 6.04 Å². The SMILES string of the molecule is CC1CCCC(N[C@H](C)c2ccccc2Br)CC1. The van der Waals surface area contributed by atoms with Crippen LogP contribution in [0.15, 0.2) is 28.7 Å². The first-order valence-corrected chi connectivity index (χ1v) is 7.96. The number of nitrogens with one attached hydrogen (secondary N) is 1. The quantitative estimate of drug-likeness (QED) is 0.769. The van der Waals surface area contributed by atoms with E-state index >= 15 is 0 Å². The van der Waals surface area contributed by atoms with Crippen molar-refractivity contribution in [3.8, 4) is 0 Å². The summed E-state index contributed by atoms with van der Waals surface area (Å²) in [5, 5.41) is 3.81. The molecule has 1 nitrogen and oxygen atoms in total. The van der Waals surface area contributed by atoms with E-state index in [1.54, 1.807) is 0 Å². The van der Waals surface area contributed by atoms with Crippen LogP contribution in [0.5, 0.6) is 0 Å². The molecule has 0 aliphatic heterocycles. The molecule has 1 N–H and O–H groups in total. The van der Waals surface area contributed by atoms with Crippen molar-refractivity contribution in [1.29, 1.82) is 0 Å². The number of hydrogen-bond acceptors (Lipinski definition) is 1. The summed E-state index contributed by atoms with van der Waals surface area (Å²) in [4.78, 5) is 0. The summed E-state index contributed by atoms with van der Waals surface area (Å²) in [7, 11) is 0. The van der Waals surface area contributed by atoms with E-state index in [0.29, 0.717) is 12.1 Å². The molecule has 0 aromatic heterocycles. The second kappa shape index (κ2) is 6.72. The molecule has 100 valence electrons. The molecule has 0 amide bonds. The molecule has 2 unspecified atom stereocenters. The Morgan fingerprint density at radius 2 is 1.94 bits per heavy atom. The first-order chi connectivity index (χ1) is 8.66. The first kappa shape index (κ1) is 14.1. The van der Waals surface area contributed by atoms with Crippen LogP contribution in [-0.2, 0) is 0 Å². The third-order valence-corrected chi connectivity index (χ3v) is 4.84. The summed E-state index contributed by atoms with van der Waals surface area (Å²) in [6.45, 7) is 4.66. The second-order valence-corrected chi connectivity index (χ2v) is 6.57. The molecule has 1 aliphatic carbocycles. The van der Waals surface area contributed by atoms with E-state index in [1.165, 1.54) is 42.1 Å². The van der Waals surface area contributed by atoms with Crippen LogP contribution >= 0.6 is 15.9 Å². The van der Waals surface area contributed by atoms with Gasteiger partial charge in [0.15, 0.2) is 0 Å². The summed E-state index contributed by atoms with van der Waals surface area (Å²) < 4.78 is 1.21. The zero-order chi connectivity index (χ0) is 13.0. The van der Waals surface area contributed by atoms with E-state index in [1.807, 2.05) is 0 Å². The van der Waals surface area contributed by atoms with E-state index < -0.39 is 0 Å². The lowest BCUT2D eigenvalue weighted by Gasteiger charge is -2.23. The van der Waals surface area contributed by atoms with E-state index in [4.69, 9.17) is 0 Å². The van der Waals surface area contributed by atoms with Gasteiger partial charge in [0.05, 0.1) is 0 Å². The molecule has 1 aromatic rings. The highest BCUT2D eigenvalue weighted by Gasteiger charge is 2.18. The molecule has 0 heterocycles. The minimum Gasteiger partial charge on any atom is -0.307 e. The van der Waals surface area contributed by atoms with E-state index in [0.717, 1.165) is 5.92 Å². The Balaban J connectivity index is 1.94. The minimum atomic E-state index is 0.430. The average molecular weight is 310 g/mol. The summed E-state index contributed by atoms with van der Waals surface area (Å²) in [6.07, 6.45) is 6.82. The van der Waals surface area contributed by atoms with Gasteiger partial charge in [0.25, 0.3) is 0 Å². The predicted octanol–water partition coefficient (Wildman–Crippen LogP) is 5.07. The third-order valence-electron chi connectivity index (χ3n) is 4.11. The fourth-order valence-electron chi connectivity index (χ4n) is 2.92. The molecule has 18 heavy (non-hydrogen) atoms. The van der Waals surface area contributed by atoms with Gasteiger partial charge in [-0.1, -0.05) is 53.9 Å². The van der Waals surface area contributed by atoms with Crippen molar-refractivity contribution in [2.24, 2.45) is 5.92 Å². The van der Waals surface area contributed by atoms with Crippen LogP contribution in [0.4, 0.5) is 0 Å². The first-order valence-electron chi connectivity index (χ1n) is 7.17. The molecule has 0 radical (unpaired) electrons. The molecule has 1 aromatic carbocycles. The summed E-state index contributed by atoms with van der Waals surface area (Å²) in [5.74, 6) is 0.913. The highest BCUT2D eigenvalue weighted by atomic mass is 79.9. The van der Waals surface area contributed by atoms with E-state index in [-0.39, 0.29) is 0 Å². The van der Waals surface area contributed by atoms with Gasteiger partial charge in [-0.15, -0.1) is 0 Å². The molecular weight excluding hydrogens is 286 g/mol. The zero-order valence-corrected chi connectivity index (χ0v) is 13.0. The Labute approximate surface area is 119 Å². The Morgan fingerprint density at radius 1 is 1.17 bits per heavy atom. The van der Waals surface area contributed by atoms with Gasteiger partial charge in [-0.25, -0.2) is 0 Å². The second-order valence-electron chi connectivity index (χ2n) is 5.72. The van der Waals surface area contributed by atoms with Crippen molar-refractivity contribution in [3.05, 3.63) is 34.3 Å². The monoisotopic (exact) mass is 309 g/mol. The molecule has 1 aliphatic rings. The average Bonchev–Trinajstić information content (AvgIpc) is 2.55. The topological polar surface area (TPSA) is 12.0 Å². The Hall–Kier alpha value is -0.340.